The molecule has 0 aliphatic carbocycles. The summed E-state index contributed by atoms with van der Waals surface area (Å²) in [4.78, 5) is 14.2. The van der Waals surface area contributed by atoms with Crippen LogP contribution < -0.4 is 14.2 Å². The maximum absolute atomic E-state index is 12.2. The van der Waals surface area contributed by atoms with Gasteiger partial charge >= 0.3 is 0 Å². The summed E-state index contributed by atoms with van der Waals surface area (Å²) < 4.78 is 18.7. The topological polar surface area (TPSA) is 48.0 Å². The van der Waals surface area contributed by atoms with Gasteiger partial charge in [-0.05, 0) is 55.0 Å². The van der Waals surface area contributed by atoms with Gasteiger partial charge in [0.1, 0.15) is 23.3 Å². The minimum Gasteiger partial charge on any atom is -0.490 e. The summed E-state index contributed by atoms with van der Waals surface area (Å²) in [5, 5.41) is 0.391. The van der Waals surface area contributed by atoms with Gasteiger partial charge in [0.15, 0.2) is 11.5 Å². The van der Waals surface area contributed by atoms with Crippen molar-refractivity contribution < 1.29 is 19.0 Å². The standard InChI is InChI=1S/C21H19BrClNO4S2/c1-3-26-17-11-13(12-18-20(25)24(2)21(29)30-18)10-16(23)19(17)28-9-8-27-15-6-4-14(22)5-7-15/h4-7,10-12H,3,8-9H2,1-2H3/b18-12-. The molecular weight excluding hydrogens is 510 g/mol. The molecule has 1 saturated heterocycles. The number of carbonyl (C=O) groups is 1. The van der Waals surface area contributed by atoms with E-state index in [1.165, 1.54) is 16.7 Å². The second kappa shape index (κ2) is 10.5. The van der Waals surface area contributed by atoms with Crippen molar-refractivity contribution in [1.29, 1.82) is 0 Å². The van der Waals surface area contributed by atoms with Crippen molar-refractivity contribution in [2.45, 2.75) is 6.92 Å². The zero-order valence-electron chi connectivity index (χ0n) is 16.3. The fourth-order valence-corrected chi connectivity index (χ4v) is 4.32. The highest BCUT2D eigenvalue weighted by atomic mass is 79.9. The first-order valence-corrected chi connectivity index (χ1v) is 11.5. The Labute approximate surface area is 198 Å². The highest BCUT2D eigenvalue weighted by molar-refractivity contribution is 9.10. The SMILES string of the molecule is CCOc1cc(/C=C2\SC(=S)N(C)C2=O)cc(Cl)c1OCCOc1ccc(Br)cc1. The summed E-state index contributed by atoms with van der Waals surface area (Å²) in [5.41, 5.74) is 0.732. The zero-order valence-corrected chi connectivity index (χ0v) is 20.3. The molecule has 0 atom stereocenters. The van der Waals surface area contributed by atoms with Crippen molar-refractivity contribution in [1.82, 2.24) is 4.90 Å². The number of hydrogen-bond acceptors (Lipinski definition) is 6. The van der Waals surface area contributed by atoms with E-state index in [1.807, 2.05) is 31.2 Å². The van der Waals surface area contributed by atoms with Gasteiger partial charge in [0.25, 0.3) is 5.91 Å². The van der Waals surface area contributed by atoms with Crippen molar-refractivity contribution >= 4 is 67.8 Å². The van der Waals surface area contributed by atoms with E-state index in [0.717, 1.165) is 15.8 Å². The normalized spacial score (nSPS) is 15.1. The van der Waals surface area contributed by atoms with E-state index in [9.17, 15) is 4.79 Å². The van der Waals surface area contributed by atoms with Crippen LogP contribution in [0.25, 0.3) is 6.08 Å². The lowest BCUT2D eigenvalue weighted by molar-refractivity contribution is -0.121. The Kier molecular flexibility index (Phi) is 8.05. The molecule has 1 amide bonds. The van der Waals surface area contributed by atoms with Crippen LogP contribution in [0, 0.1) is 0 Å². The highest BCUT2D eigenvalue weighted by Gasteiger charge is 2.28. The molecule has 2 aromatic rings. The monoisotopic (exact) mass is 527 g/mol. The summed E-state index contributed by atoms with van der Waals surface area (Å²) in [5.74, 6) is 1.57. The number of benzene rings is 2. The summed E-state index contributed by atoms with van der Waals surface area (Å²) in [6, 6.07) is 11.1. The van der Waals surface area contributed by atoms with E-state index < -0.39 is 0 Å². The molecule has 1 heterocycles. The minimum atomic E-state index is -0.135. The first-order chi connectivity index (χ1) is 14.4. The van der Waals surface area contributed by atoms with Gasteiger partial charge in [-0.1, -0.05) is 51.5 Å². The summed E-state index contributed by atoms with van der Waals surface area (Å²) >= 11 is 16.3. The summed E-state index contributed by atoms with van der Waals surface area (Å²) in [6.45, 7) is 2.97. The molecule has 0 spiro atoms. The number of ether oxygens (including phenoxy) is 3. The van der Waals surface area contributed by atoms with Crippen LogP contribution in [-0.2, 0) is 4.79 Å². The molecule has 30 heavy (non-hydrogen) atoms. The number of thiocarbonyl (C=S) groups is 1. The number of thioether (sulfide) groups is 1. The predicted molar refractivity (Wildman–Crippen MR) is 129 cm³/mol. The highest BCUT2D eigenvalue weighted by Crippen LogP contribution is 2.39. The van der Waals surface area contributed by atoms with Crippen LogP contribution in [0.4, 0.5) is 0 Å². The van der Waals surface area contributed by atoms with Crippen LogP contribution in [0.1, 0.15) is 12.5 Å². The minimum absolute atomic E-state index is 0.135. The van der Waals surface area contributed by atoms with Gasteiger partial charge in [0.05, 0.1) is 16.5 Å². The van der Waals surface area contributed by atoms with Gasteiger partial charge in [-0.25, -0.2) is 0 Å². The molecule has 1 fully saturated rings. The summed E-state index contributed by atoms with van der Waals surface area (Å²) in [7, 11) is 1.66. The van der Waals surface area contributed by atoms with E-state index in [-0.39, 0.29) is 5.91 Å². The molecule has 1 aliphatic heterocycles. The van der Waals surface area contributed by atoms with Crippen LogP contribution in [0.3, 0.4) is 0 Å². The largest absolute Gasteiger partial charge is 0.490 e. The number of halogens is 2. The van der Waals surface area contributed by atoms with Gasteiger partial charge in [0.2, 0.25) is 0 Å². The third kappa shape index (κ3) is 5.69. The van der Waals surface area contributed by atoms with E-state index in [2.05, 4.69) is 15.9 Å². The van der Waals surface area contributed by atoms with Crippen molar-refractivity contribution in [3.8, 4) is 17.2 Å². The Balaban J connectivity index is 1.71. The van der Waals surface area contributed by atoms with Gasteiger partial charge < -0.3 is 14.2 Å². The lowest BCUT2D eigenvalue weighted by atomic mass is 10.1. The Hall–Kier alpha value is -1.74. The molecule has 0 saturated carbocycles. The Morgan fingerprint density at radius 1 is 1.17 bits per heavy atom. The van der Waals surface area contributed by atoms with Crippen LogP contribution >= 0.6 is 51.5 Å². The fraction of sp³-hybridized carbons (Fsp3) is 0.238. The molecule has 0 radical (unpaired) electrons. The van der Waals surface area contributed by atoms with Crippen molar-refractivity contribution in [2.24, 2.45) is 0 Å². The number of amides is 1. The van der Waals surface area contributed by atoms with Crippen LogP contribution in [0.2, 0.25) is 5.02 Å². The molecule has 0 unspecified atom stereocenters. The lowest BCUT2D eigenvalue weighted by Gasteiger charge is -2.15. The summed E-state index contributed by atoms with van der Waals surface area (Å²) in [6.07, 6.45) is 1.75. The second-order valence-electron chi connectivity index (χ2n) is 6.15. The molecular formula is C21H19BrClNO4S2. The van der Waals surface area contributed by atoms with E-state index >= 15 is 0 Å². The molecule has 0 N–H and O–H groups in total. The number of likely N-dealkylation sites (N-methyl/N-ethyl adjacent to an activating group) is 1. The van der Waals surface area contributed by atoms with Crippen LogP contribution in [-0.4, -0.2) is 42.0 Å². The smallest absolute Gasteiger partial charge is 0.265 e. The quantitative estimate of drug-likeness (QED) is 0.246. The van der Waals surface area contributed by atoms with Gasteiger partial charge in [0, 0.05) is 11.5 Å². The molecule has 9 heteroatoms. The third-order valence-electron chi connectivity index (χ3n) is 4.03. The Morgan fingerprint density at radius 3 is 2.50 bits per heavy atom. The van der Waals surface area contributed by atoms with Gasteiger partial charge in [-0.2, -0.15) is 0 Å². The van der Waals surface area contributed by atoms with Gasteiger partial charge in [-0.3, -0.25) is 9.69 Å². The average molecular weight is 529 g/mol. The molecule has 5 nitrogen and oxygen atoms in total. The molecule has 3 rings (SSSR count). The zero-order chi connectivity index (χ0) is 21.7. The maximum Gasteiger partial charge on any atom is 0.265 e. The van der Waals surface area contributed by atoms with Crippen molar-refractivity contribution in [2.75, 3.05) is 26.9 Å². The number of nitrogens with zero attached hydrogens (tertiary/aromatic N) is 1. The molecule has 1 aliphatic rings. The second-order valence-corrected chi connectivity index (χ2v) is 9.15. The van der Waals surface area contributed by atoms with Gasteiger partial charge in [-0.15, -0.1) is 0 Å². The third-order valence-corrected chi connectivity index (χ3v) is 6.32. The lowest BCUT2D eigenvalue weighted by Crippen LogP contribution is -2.22. The van der Waals surface area contributed by atoms with E-state index in [4.69, 9.17) is 38.0 Å². The fourth-order valence-electron chi connectivity index (χ4n) is 2.61. The molecule has 2 aromatic carbocycles. The molecule has 0 aromatic heterocycles. The average Bonchev–Trinajstić information content (AvgIpc) is 2.95. The number of carbonyl (C=O) groups excluding carboxylic acids is 1. The van der Waals surface area contributed by atoms with E-state index in [1.54, 1.807) is 25.3 Å². The molecule has 0 bridgehead atoms. The van der Waals surface area contributed by atoms with Crippen molar-refractivity contribution in [3.63, 3.8) is 0 Å². The molecule has 158 valence electrons. The number of hydrogen-bond donors (Lipinski definition) is 0. The Bertz CT molecular complexity index is 982. The van der Waals surface area contributed by atoms with E-state index in [0.29, 0.717) is 45.6 Å². The predicted octanol–water partition coefficient (Wildman–Crippen LogP) is 5.79. The number of rotatable bonds is 8. The first-order valence-electron chi connectivity index (χ1n) is 9.08. The maximum atomic E-state index is 12.2. The Morgan fingerprint density at radius 2 is 1.87 bits per heavy atom. The van der Waals surface area contributed by atoms with Crippen molar-refractivity contribution in [3.05, 3.63) is 56.4 Å². The van der Waals surface area contributed by atoms with Crippen LogP contribution in [0.15, 0.2) is 45.8 Å². The first kappa shape index (κ1) is 22.9. The van der Waals surface area contributed by atoms with Crippen LogP contribution in [0.5, 0.6) is 17.2 Å².